The van der Waals surface area contributed by atoms with Crippen LogP contribution in [-0.2, 0) is 4.79 Å². The van der Waals surface area contributed by atoms with Gasteiger partial charge in [0.15, 0.2) is 0 Å². The molecule has 108 valence electrons. The van der Waals surface area contributed by atoms with Crippen molar-refractivity contribution in [2.24, 2.45) is 11.8 Å². The highest BCUT2D eigenvalue weighted by molar-refractivity contribution is 5.92. The van der Waals surface area contributed by atoms with Crippen molar-refractivity contribution in [3.8, 4) is 0 Å². The van der Waals surface area contributed by atoms with E-state index in [1.807, 2.05) is 31.2 Å². The Hall–Kier alpha value is -1.39. The monoisotopic (exact) mass is 273 g/mol. The lowest BCUT2D eigenvalue weighted by molar-refractivity contribution is -0.117. The third-order valence-electron chi connectivity index (χ3n) is 4.46. The molecular weight excluding hydrogens is 250 g/mol. The highest BCUT2D eigenvalue weighted by Crippen LogP contribution is 2.26. The van der Waals surface area contributed by atoms with Crippen LogP contribution in [0.3, 0.4) is 0 Å². The molecule has 2 heterocycles. The van der Waals surface area contributed by atoms with E-state index in [-0.39, 0.29) is 5.91 Å². The molecule has 0 aliphatic carbocycles. The highest BCUT2D eigenvalue weighted by Gasteiger charge is 2.33. The molecule has 4 nitrogen and oxygen atoms in total. The standard InChI is InChI=1S/C16H23N3O/c1-12-3-2-4-15(7-12)18-16(20)11-19-6-5-13-8-17-9-14(13)10-19/h2-4,7,13-14,17H,5-6,8-11H2,1H3,(H,18,20). The first-order valence-corrected chi connectivity index (χ1v) is 7.50. The van der Waals surface area contributed by atoms with Crippen LogP contribution >= 0.6 is 0 Å². The Morgan fingerprint density at radius 2 is 2.25 bits per heavy atom. The van der Waals surface area contributed by atoms with Crippen LogP contribution in [0.25, 0.3) is 0 Å². The number of aryl methyl sites for hydroxylation is 1. The number of anilines is 1. The van der Waals surface area contributed by atoms with Gasteiger partial charge >= 0.3 is 0 Å². The van der Waals surface area contributed by atoms with Crippen molar-refractivity contribution in [3.05, 3.63) is 29.8 Å². The highest BCUT2D eigenvalue weighted by atomic mass is 16.2. The average Bonchev–Trinajstić information content (AvgIpc) is 2.86. The Labute approximate surface area is 120 Å². The van der Waals surface area contributed by atoms with Crippen molar-refractivity contribution in [1.82, 2.24) is 10.2 Å². The van der Waals surface area contributed by atoms with Crippen molar-refractivity contribution >= 4 is 11.6 Å². The Balaban J connectivity index is 1.51. The number of nitrogens with one attached hydrogen (secondary N) is 2. The van der Waals surface area contributed by atoms with Gasteiger partial charge < -0.3 is 10.6 Å². The molecule has 1 aromatic rings. The van der Waals surface area contributed by atoms with E-state index in [1.165, 1.54) is 12.0 Å². The van der Waals surface area contributed by atoms with Crippen molar-refractivity contribution in [3.63, 3.8) is 0 Å². The van der Waals surface area contributed by atoms with E-state index in [2.05, 4.69) is 15.5 Å². The van der Waals surface area contributed by atoms with Crippen molar-refractivity contribution in [2.45, 2.75) is 13.3 Å². The van der Waals surface area contributed by atoms with Gasteiger partial charge in [-0.3, -0.25) is 9.69 Å². The molecule has 0 saturated carbocycles. The normalized spacial score (nSPS) is 26.2. The van der Waals surface area contributed by atoms with Crippen molar-refractivity contribution < 1.29 is 4.79 Å². The van der Waals surface area contributed by atoms with E-state index in [0.717, 1.165) is 43.7 Å². The number of rotatable bonds is 3. The molecule has 2 unspecified atom stereocenters. The molecule has 2 saturated heterocycles. The molecule has 0 aromatic heterocycles. The van der Waals surface area contributed by atoms with Gasteiger partial charge in [-0.05, 0) is 62.5 Å². The van der Waals surface area contributed by atoms with Crippen LogP contribution in [0.5, 0.6) is 0 Å². The van der Waals surface area contributed by atoms with E-state index in [0.29, 0.717) is 6.54 Å². The maximum absolute atomic E-state index is 12.1. The van der Waals surface area contributed by atoms with Gasteiger partial charge in [-0.2, -0.15) is 0 Å². The van der Waals surface area contributed by atoms with Gasteiger partial charge in [0.2, 0.25) is 5.91 Å². The smallest absolute Gasteiger partial charge is 0.238 e. The molecule has 2 N–H and O–H groups in total. The average molecular weight is 273 g/mol. The van der Waals surface area contributed by atoms with Crippen LogP contribution < -0.4 is 10.6 Å². The number of carbonyl (C=O) groups is 1. The van der Waals surface area contributed by atoms with Crippen LogP contribution in [0, 0.1) is 18.8 Å². The van der Waals surface area contributed by atoms with Crippen LogP contribution in [-0.4, -0.2) is 43.5 Å². The number of piperidine rings is 1. The summed E-state index contributed by atoms with van der Waals surface area (Å²) < 4.78 is 0. The Kier molecular flexibility index (Phi) is 4.03. The number of fused-ring (bicyclic) bond motifs is 1. The number of likely N-dealkylation sites (tertiary alicyclic amines) is 1. The van der Waals surface area contributed by atoms with Crippen molar-refractivity contribution in [2.75, 3.05) is 38.0 Å². The summed E-state index contributed by atoms with van der Waals surface area (Å²) in [5.74, 6) is 1.65. The lowest BCUT2D eigenvalue weighted by atomic mass is 9.89. The van der Waals surface area contributed by atoms with E-state index in [4.69, 9.17) is 0 Å². The molecule has 2 fully saturated rings. The van der Waals surface area contributed by atoms with Crippen LogP contribution in [0.15, 0.2) is 24.3 Å². The molecule has 1 amide bonds. The zero-order chi connectivity index (χ0) is 13.9. The number of hydrogen-bond acceptors (Lipinski definition) is 3. The van der Waals surface area contributed by atoms with Gasteiger partial charge in [0.05, 0.1) is 6.54 Å². The summed E-state index contributed by atoms with van der Waals surface area (Å²) in [6.45, 7) is 6.92. The van der Waals surface area contributed by atoms with Gasteiger partial charge in [0.1, 0.15) is 0 Å². The van der Waals surface area contributed by atoms with Gasteiger partial charge in [-0.25, -0.2) is 0 Å². The predicted molar refractivity (Wildman–Crippen MR) is 80.7 cm³/mol. The molecule has 2 atom stereocenters. The quantitative estimate of drug-likeness (QED) is 0.876. The lowest BCUT2D eigenvalue weighted by Gasteiger charge is -2.33. The summed E-state index contributed by atoms with van der Waals surface area (Å²) >= 11 is 0. The molecule has 2 aliphatic rings. The van der Waals surface area contributed by atoms with E-state index >= 15 is 0 Å². The maximum Gasteiger partial charge on any atom is 0.238 e. The van der Waals surface area contributed by atoms with Crippen LogP contribution in [0.4, 0.5) is 5.69 Å². The molecule has 3 rings (SSSR count). The van der Waals surface area contributed by atoms with Gasteiger partial charge in [-0.1, -0.05) is 12.1 Å². The summed E-state index contributed by atoms with van der Waals surface area (Å²) in [6.07, 6.45) is 1.22. The molecule has 0 spiro atoms. The number of amides is 1. The van der Waals surface area contributed by atoms with Crippen LogP contribution in [0.2, 0.25) is 0 Å². The zero-order valence-corrected chi connectivity index (χ0v) is 12.1. The summed E-state index contributed by atoms with van der Waals surface area (Å²) in [5.41, 5.74) is 2.06. The number of nitrogens with zero attached hydrogens (tertiary/aromatic N) is 1. The number of hydrogen-bond donors (Lipinski definition) is 2. The minimum absolute atomic E-state index is 0.0972. The van der Waals surface area contributed by atoms with Crippen molar-refractivity contribution in [1.29, 1.82) is 0 Å². The fourth-order valence-corrected chi connectivity index (χ4v) is 3.38. The fraction of sp³-hybridized carbons (Fsp3) is 0.562. The molecule has 0 radical (unpaired) electrons. The second kappa shape index (κ2) is 5.94. The Morgan fingerprint density at radius 1 is 1.40 bits per heavy atom. The summed E-state index contributed by atoms with van der Waals surface area (Å²) in [6, 6.07) is 7.96. The number of benzene rings is 1. The predicted octanol–water partition coefficient (Wildman–Crippen LogP) is 1.47. The summed E-state index contributed by atoms with van der Waals surface area (Å²) in [5, 5.41) is 6.45. The number of carbonyl (C=O) groups excluding carboxylic acids is 1. The molecular formula is C16H23N3O. The van der Waals surface area contributed by atoms with E-state index in [1.54, 1.807) is 0 Å². The first-order chi connectivity index (χ1) is 9.70. The first-order valence-electron chi connectivity index (χ1n) is 7.50. The topological polar surface area (TPSA) is 44.4 Å². The van der Waals surface area contributed by atoms with Gasteiger partial charge in [-0.15, -0.1) is 0 Å². The second-order valence-corrected chi connectivity index (χ2v) is 6.12. The minimum Gasteiger partial charge on any atom is -0.325 e. The van der Waals surface area contributed by atoms with Gasteiger partial charge in [0, 0.05) is 12.2 Å². The van der Waals surface area contributed by atoms with Crippen LogP contribution in [0.1, 0.15) is 12.0 Å². The largest absolute Gasteiger partial charge is 0.325 e. The van der Waals surface area contributed by atoms with E-state index < -0.39 is 0 Å². The summed E-state index contributed by atoms with van der Waals surface area (Å²) in [4.78, 5) is 14.4. The van der Waals surface area contributed by atoms with Gasteiger partial charge in [0.25, 0.3) is 0 Å². The Morgan fingerprint density at radius 3 is 3.10 bits per heavy atom. The minimum atomic E-state index is 0.0972. The first kappa shape index (κ1) is 13.6. The third kappa shape index (κ3) is 3.19. The third-order valence-corrected chi connectivity index (χ3v) is 4.46. The summed E-state index contributed by atoms with van der Waals surface area (Å²) in [7, 11) is 0. The Bertz CT molecular complexity index is 488. The molecule has 1 aromatic carbocycles. The molecule has 20 heavy (non-hydrogen) atoms. The van der Waals surface area contributed by atoms with E-state index in [9.17, 15) is 4.79 Å². The molecule has 0 bridgehead atoms. The molecule has 2 aliphatic heterocycles. The maximum atomic E-state index is 12.1. The lowest BCUT2D eigenvalue weighted by Crippen LogP contribution is -2.43. The fourth-order valence-electron chi connectivity index (χ4n) is 3.38. The zero-order valence-electron chi connectivity index (χ0n) is 12.1. The SMILES string of the molecule is Cc1cccc(NC(=O)CN2CCC3CNCC3C2)c1. The molecule has 4 heteroatoms. The second-order valence-electron chi connectivity index (χ2n) is 6.12.